The third-order valence-corrected chi connectivity index (χ3v) is 7.70. The van der Waals surface area contributed by atoms with Gasteiger partial charge >= 0.3 is 11.9 Å². The number of carbonyl (C=O) groups excluding carboxylic acids is 3. The first-order chi connectivity index (χ1) is 17.9. The first-order valence-electron chi connectivity index (χ1n) is 11.7. The van der Waals surface area contributed by atoms with E-state index >= 15 is 0 Å². The van der Waals surface area contributed by atoms with Crippen molar-refractivity contribution in [3.8, 4) is 5.75 Å². The number of Topliss-reactive ketones (excluding diaryl/α,β-unsaturated/α-hetero) is 1. The van der Waals surface area contributed by atoms with Crippen LogP contribution in [0.4, 0.5) is 5.13 Å². The van der Waals surface area contributed by atoms with Crippen molar-refractivity contribution in [3.63, 3.8) is 0 Å². The molecule has 1 fully saturated rings. The van der Waals surface area contributed by atoms with Crippen LogP contribution < -0.4 is 9.64 Å². The lowest BCUT2D eigenvalue weighted by atomic mass is 10.00. The van der Waals surface area contributed by atoms with Gasteiger partial charge in [0.15, 0.2) is 5.13 Å². The summed E-state index contributed by atoms with van der Waals surface area (Å²) in [6, 6.07) is 9.46. The van der Waals surface area contributed by atoms with Crippen LogP contribution in [-0.2, 0) is 14.3 Å². The molecule has 3 heterocycles. The number of ether oxygens (including phenoxy) is 2. The van der Waals surface area contributed by atoms with Gasteiger partial charge in [0.25, 0.3) is 5.78 Å². The maximum atomic E-state index is 13.3. The van der Waals surface area contributed by atoms with Crippen LogP contribution in [0.1, 0.15) is 51.6 Å². The molecule has 8 nitrogen and oxygen atoms in total. The number of aliphatic hydroxyl groups is 1. The molecule has 192 valence electrons. The van der Waals surface area contributed by atoms with Crippen LogP contribution in [0.3, 0.4) is 0 Å². The minimum atomic E-state index is -0.910. The Morgan fingerprint density at radius 1 is 1.27 bits per heavy atom. The van der Waals surface area contributed by atoms with E-state index in [0.29, 0.717) is 28.5 Å². The molecule has 2 aromatic heterocycles. The van der Waals surface area contributed by atoms with E-state index < -0.39 is 23.7 Å². The monoisotopic (exact) mass is 538 g/mol. The van der Waals surface area contributed by atoms with Crippen LogP contribution in [0.2, 0.25) is 0 Å². The first kappa shape index (κ1) is 26.3. The molecule has 1 saturated heterocycles. The van der Waals surface area contributed by atoms with E-state index in [9.17, 15) is 19.5 Å². The fourth-order valence-electron chi connectivity index (χ4n) is 3.84. The second-order valence-electron chi connectivity index (χ2n) is 8.21. The number of amides is 1. The fraction of sp³-hybridized carbons (Fsp3) is 0.259. The number of anilines is 1. The Balaban J connectivity index is 1.78. The Morgan fingerprint density at radius 3 is 2.78 bits per heavy atom. The molecular formula is C27H26N2O6S2. The van der Waals surface area contributed by atoms with Crippen molar-refractivity contribution in [3.05, 3.63) is 81.0 Å². The van der Waals surface area contributed by atoms with Gasteiger partial charge < -0.3 is 14.6 Å². The van der Waals surface area contributed by atoms with Gasteiger partial charge in [0.2, 0.25) is 0 Å². The molecule has 1 aliphatic rings. The van der Waals surface area contributed by atoms with Crippen LogP contribution in [0.5, 0.6) is 5.75 Å². The number of thiazole rings is 1. The van der Waals surface area contributed by atoms with Crippen molar-refractivity contribution < 1.29 is 29.0 Å². The third-order valence-electron chi connectivity index (χ3n) is 5.64. The maximum absolute atomic E-state index is 13.3. The van der Waals surface area contributed by atoms with Crippen LogP contribution in [0.25, 0.3) is 5.76 Å². The molecule has 1 aromatic carbocycles. The standard InChI is InChI=1S/C27H26N2O6S2/c1-4-6-13-34-18-10-7-9-17(15-18)22(30)20-21(19-11-8-14-36-19)29(25(32)23(20)31)27-28-16(3)24(37-27)26(33)35-12-5-2/h5,7-11,14-15,21,30H,2,4,6,12-13H2,1,3H3/b22-20+. The SMILES string of the molecule is C=CCOC(=O)c1sc(N2C(=O)C(=O)/C(=C(/O)c3cccc(OCCCC)c3)C2c2cccs2)nc1C. The Bertz CT molecular complexity index is 1360. The third kappa shape index (κ3) is 5.35. The van der Waals surface area contributed by atoms with Crippen LogP contribution in [-0.4, -0.2) is 41.0 Å². The van der Waals surface area contributed by atoms with Crippen molar-refractivity contribution in [1.82, 2.24) is 4.98 Å². The van der Waals surface area contributed by atoms with Crippen LogP contribution >= 0.6 is 22.7 Å². The van der Waals surface area contributed by atoms with Crippen molar-refractivity contribution in [2.24, 2.45) is 0 Å². The molecule has 0 saturated carbocycles. The molecular weight excluding hydrogens is 512 g/mol. The Labute approximate surface area is 222 Å². The average Bonchev–Trinajstić information content (AvgIpc) is 3.61. The minimum absolute atomic E-state index is 0.0342. The summed E-state index contributed by atoms with van der Waals surface area (Å²) in [7, 11) is 0. The summed E-state index contributed by atoms with van der Waals surface area (Å²) in [6.45, 7) is 7.79. The van der Waals surface area contributed by atoms with Crippen molar-refractivity contribution in [1.29, 1.82) is 0 Å². The summed E-state index contributed by atoms with van der Waals surface area (Å²) >= 11 is 2.30. The van der Waals surface area contributed by atoms with Crippen LogP contribution in [0.15, 0.2) is 60.0 Å². The van der Waals surface area contributed by atoms with E-state index in [1.807, 2.05) is 5.38 Å². The first-order valence-corrected chi connectivity index (χ1v) is 13.4. The number of carbonyl (C=O) groups is 3. The second kappa shape index (κ2) is 11.5. The molecule has 4 rings (SSSR count). The molecule has 3 aromatic rings. The van der Waals surface area contributed by atoms with E-state index in [0.717, 1.165) is 24.2 Å². The number of rotatable bonds is 10. The zero-order chi connectivity index (χ0) is 26.5. The van der Waals surface area contributed by atoms with E-state index in [1.165, 1.54) is 22.3 Å². The van der Waals surface area contributed by atoms with Gasteiger partial charge in [0.05, 0.1) is 17.9 Å². The number of benzene rings is 1. The quantitative estimate of drug-likeness (QED) is 0.0886. The Hall–Kier alpha value is -3.76. The molecule has 1 atom stereocenters. The lowest BCUT2D eigenvalue weighted by molar-refractivity contribution is -0.132. The average molecular weight is 539 g/mol. The number of aromatic nitrogens is 1. The summed E-state index contributed by atoms with van der Waals surface area (Å²) in [5, 5.41) is 13.3. The Kier molecular flexibility index (Phi) is 8.20. The predicted molar refractivity (Wildman–Crippen MR) is 143 cm³/mol. The predicted octanol–water partition coefficient (Wildman–Crippen LogP) is 5.66. The summed E-state index contributed by atoms with van der Waals surface area (Å²) in [5.74, 6) is -2.02. The number of hydrogen-bond acceptors (Lipinski definition) is 9. The zero-order valence-electron chi connectivity index (χ0n) is 20.4. The van der Waals surface area contributed by atoms with Gasteiger partial charge in [-0.1, -0.05) is 55.5 Å². The number of unbranched alkanes of at least 4 members (excludes halogenated alkanes) is 1. The lowest BCUT2D eigenvalue weighted by Gasteiger charge is -2.21. The number of hydrogen-bond donors (Lipinski definition) is 1. The number of esters is 1. The highest BCUT2D eigenvalue weighted by atomic mass is 32.1. The molecule has 0 radical (unpaired) electrons. The number of aliphatic hydroxyl groups excluding tert-OH is 1. The largest absolute Gasteiger partial charge is 0.507 e. The fourth-order valence-corrected chi connectivity index (χ4v) is 5.65. The van der Waals surface area contributed by atoms with Gasteiger partial charge in [-0.25, -0.2) is 9.78 Å². The van der Waals surface area contributed by atoms with Gasteiger partial charge in [-0.3, -0.25) is 14.5 Å². The summed E-state index contributed by atoms with van der Waals surface area (Å²) < 4.78 is 10.9. The van der Waals surface area contributed by atoms with Crippen molar-refractivity contribution >= 4 is 51.2 Å². The van der Waals surface area contributed by atoms with E-state index in [2.05, 4.69) is 18.5 Å². The molecule has 37 heavy (non-hydrogen) atoms. The number of ketones is 1. The summed E-state index contributed by atoms with van der Waals surface area (Å²) in [6.07, 6.45) is 3.32. The number of thiophene rings is 1. The summed E-state index contributed by atoms with van der Waals surface area (Å²) in [4.78, 5) is 45.6. The van der Waals surface area contributed by atoms with Crippen LogP contribution in [0, 0.1) is 6.92 Å². The highest BCUT2D eigenvalue weighted by molar-refractivity contribution is 7.18. The van der Waals surface area contributed by atoms with Gasteiger partial charge in [0, 0.05) is 10.4 Å². The van der Waals surface area contributed by atoms with Gasteiger partial charge in [0.1, 0.15) is 29.0 Å². The zero-order valence-corrected chi connectivity index (χ0v) is 22.1. The lowest BCUT2D eigenvalue weighted by Crippen LogP contribution is -2.29. The minimum Gasteiger partial charge on any atom is -0.507 e. The molecule has 1 amide bonds. The van der Waals surface area contributed by atoms with E-state index in [-0.39, 0.29) is 27.9 Å². The molecule has 0 spiro atoms. The normalized spacial score (nSPS) is 16.7. The highest BCUT2D eigenvalue weighted by Gasteiger charge is 2.49. The number of nitrogens with zero attached hydrogens (tertiary/aromatic N) is 2. The highest BCUT2D eigenvalue weighted by Crippen LogP contribution is 2.45. The molecule has 0 aliphatic carbocycles. The van der Waals surface area contributed by atoms with Crippen molar-refractivity contribution in [2.45, 2.75) is 32.7 Å². The number of aryl methyl sites for hydroxylation is 1. The molecule has 0 bridgehead atoms. The maximum Gasteiger partial charge on any atom is 0.350 e. The van der Waals surface area contributed by atoms with E-state index in [4.69, 9.17) is 9.47 Å². The second-order valence-corrected chi connectivity index (χ2v) is 10.2. The topological polar surface area (TPSA) is 106 Å². The van der Waals surface area contributed by atoms with Gasteiger partial charge in [-0.05, 0) is 36.9 Å². The van der Waals surface area contributed by atoms with E-state index in [1.54, 1.807) is 43.3 Å². The van der Waals surface area contributed by atoms with Crippen molar-refractivity contribution in [2.75, 3.05) is 18.1 Å². The molecule has 1 unspecified atom stereocenters. The smallest absolute Gasteiger partial charge is 0.350 e. The van der Waals surface area contributed by atoms with Gasteiger partial charge in [-0.2, -0.15) is 0 Å². The summed E-state index contributed by atoms with van der Waals surface area (Å²) in [5.41, 5.74) is 0.678. The Morgan fingerprint density at radius 2 is 2.08 bits per heavy atom. The molecule has 10 heteroatoms. The molecule has 1 aliphatic heterocycles. The molecule has 1 N–H and O–H groups in total. The van der Waals surface area contributed by atoms with Gasteiger partial charge in [-0.15, -0.1) is 11.3 Å².